The number of carbonyl (C=O) groups excluding carboxylic acids is 1. The third-order valence-electron chi connectivity index (χ3n) is 4.81. The number of morpholine rings is 1. The van der Waals surface area contributed by atoms with Crippen LogP contribution in [-0.4, -0.2) is 53.1 Å². The Kier molecular flexibility index (Phi) is 5.69. The van der Waals surface area contributed by atoms with Crippen LogP contribution in [0.15, 0.2) is 54.9 Å². The Hall–Kier alpha value is -2.70. The van der Waals surface area contributed by atoms with E-state index in [2.05, 4.69) is 15.3 Å². The summed E-state index contributed by atoms with van der Waals surface area (Å²) in [6, 6.07) is 15.0. The molecule has 1 N–H and O–H groups in total. The van der Waals surface area contributed by atoms with Crippen molar-refractivity contribution in [3.8, 4) is 0 Å². The van der Waals surface area contributed by atoms with Gasteiger partial charge in [-0.05, 0) is 23.8 Å². The summed E-state index contributed by atoms with van der Waals surface area (Å²) >= 11 is 6.08. The van der Waals surface area contributed by atoms with Crippen LogP contribution >= 0.6 is 11.6 Å². The van der Waals surface area contributed by atoms with Crippen LogP contribution in [0.3, 0.4) is 0 Å². The van der Waals surface area contributed by atoms with Crippen LogP contribution in [0.5, 0.6) is 0 Å². The highest BCUT2D eigenvalue weighted by atomic mass is 35.5. The van der Waals surface area contributed by atoms with Gasteiger partial charge in [-0.2, -0.15) is 0 Å². The van der Waals surface area contributed by atoms with Gasteiger partial charge in [0, 0.05) is 29.9 Å². The molecule has 0 radical (unpaired) electrons. The zero-order valence-corrected chi connectivity index (χ0v) is 16.1. The Morgan fingerprint density at radius 1 is 1.14 bits per heavy atom. The zero-order chi connectivity index (χ0) is 19.3. The Morgan fingerprint density at radius 2 is 1.93 bits per heavy atom. The molecule has 0 spiro atoms. The molecule has 0 saturated carbocycles. The van der Waals surface area contributed by atoms with E-state index >= 15 is 0 Å². The highest BCUT2D eigenvalue weighted by Gasteiger charge is 2.27. The smallest absolute Gasteiger partial charge is 0.245 e. The molecular formula is C21H21ClN4O2. The van der Waals surface area contributed by atoms with E-state index in [4.69, 9.17) is 16.3 Å². The number of anilines is 1. The molecule has 4 rings (SSSR count). The van der Waals surface area contributed by atoms with Gasteiger partial charge in [-0.15, -0.1) is 0 Å². The molecule has 1 aromatic heterocycles. The standard InChI is InChI=1S/C21H21ClN4O2/c22-16-6-7-17-18(13-16)23-14-24-20(17)25-19(12-15-4-2-1-3-5-15)21(27)26-8-10-28-11-9-26/h1-7,13-14,19H,8-12H2,(H,23,24,25). The maximum absolute atomic E-state index is 13.2. The third kappa shape index (κ3) is 4.24. The van der Waals surface area contributed by atoms with Crippen molar-refractivity contribution >= 4 is 34.2 Å². The minimum Gasteiger partial charge on any atom is -0.378 e. The Morgan fingerprint density at radius 3 is 2.71 bits per heavy atom. The van der Waals surface area contributed by atoms with Crippen molar-refractivity contribution in [2.75, 3.05) is 31.6 Å². The molecular weight excluding hydrogens is 376 g/mol. The van der Waals surface area contributed by atoms with Crippen LogP contribution in [0.2, 0.25) is 5.02 Å². The van der Waals surface area contributed by atoms with Gasteiger partial charge in [-0.1, -0.05) is 41.9 Å². The number of carbonyl (C=O) groups is 1. The predicted molar refractivity (Wildman–Crippen MR) is 110 cm³/mol. The van der Waals surface area contributed by atoms with Crippen LogP contribution in [0.4, 0.5) is 5.82 Å². The SMILES string of the molecule is O=C(C(Cc1ccccc1)Nc1ncnc2cc(Cl)ccc12)N1CCOCC1. The maximum Gasteiger partial charge on any atom is 0.245 e. The number of nitrogens with one attached hydrogen (secondary N) is 1. The normalized spacial score (nSPS) is 15.4. The summed E-state index contributed by atoms with van der Waals surface area (Å²) in [5.74, 6) is 0.678. The van der Waals surface area contributed by atoms with E-state index in [0.717, 1.165) is 16.5 Å². The largest absolute Gasteiger partial charge is 0.378 e. The fourth-order valence-electron chi connectivity index (χ4n) is 3.36. The van der Waals surface area contributed by atoms with E-state index in [1.807, 2.05) is 41.3 Å². The first-order valence-electron chi connectivity index (χ1n) is 9.28. The van der Waals surface area contributed by atoms with Crippen LogP contribution in [0.1, 0.15) is 5.56 Å². The predicted octanol–water partition coefficient (Wildman–Crippen LogP) is 3.17. The van der Waals surface area contributed by atoms with E-state index in [9.17, 15) is 4.79 Å². The molecule has 1 unspecified atom stereocenters. The van der Waals surface area contributed by atoms with Crippen molar-refractivity contribution in [3.05, 3.63) is 65.4 Å². The first kappa shape index (κ1) is 18.7. The second-order valence-electron chi connectivity index (χ2n) is 6.71. The van der Waals surface area contributed by atoms with E-state index in [0.29, 0.717) is 43.6 Å². The first-order valence-corrected chi connectivity index (χ1v) is 9.66. The summed E-state index contributed by atoms with van der Waals surface area (Å²) in [7, 11) is 0. The van der Waals surface area contributed by atoms with Crippen molar-refractivity contribution in [3.63, 3.8) is 0 Å². The molecule has 7 heteroatoms. The number of nitrogens with zero attached hydrogens (tertiary/aromatic N) is 3. The van der Waals surface area contributed by atoms with Gasteiger partial charge < -0.3 is 15.0 Å². The van der Waals surface area contributed by atoms with Crippen molar-refractivity contribution in [2.24, 2.45) is 0 Å². The van der Waals surface area contributed by atoms with E-state index in [1.165, 1.54) is 6.33 Å². The highest BCUT2D eigenvalue weighted by molar-refractivity contribution is 6.31. The number of aromatic nitrogens is 2. The van der Waals surface area contributed by atoms with Crippen LogP contribution in [-0.2, 0) is 16.0 Å². The first-order chi connectivity index (χ1) is 13.7. The molecule has 6 nitrogen and oxygen atoms in total. The molecule has 28 heavy (non-hydrogen) atoms. The Labute approximate surface area is 168 Å². The minimum absolute atomic E-state index is 0.0490. The fourth-order valence-corrected chi connectivity index (χ4v) is 3.53. The molecule has 144 valence electrons. The fraction of sp³-hybridized carbons (Fsp3) is 0.286. The molecule has 1 amide bonds. The third-order valence-corrected chi connectivity index (χ3v) is 5.05. The molecule has 1 atom stereocenters. The number of rotatable bonds is 5. The molecule has 0 aliphatic carbocycles. The van der Waals surface area contributed by atoms with Crippen LogP contribution < -0.4 is 5.32 Å². The van der Waals surface area contributed by atoms with Crippen molar-refractivity contribution in [1.29, 1.82) is 0 Å². The number of hydrogen-bond acceptors (Lipinski definition) is 5. The van der Waals surface area contributed by atoms with Gasteiger partial charge in [-0.3, -0.25) is 4.79 Å². The molecule has 1 fully saturated rings. The van der Waals surface area contributed by atoms with Crippen molar-refractivity contribution in [2.45, 2.75) is 12.5 Å². The Balaban J connectivity index is 1.64. The Bertz CT molecular complexity index is 961. The van der Waals surface area contributed by atoms with Crippen molar-refractivity contribution < 1.29 is 9.53 Å². The molecule has 3 aromatic rings. The lowest BCUT2D eigenvalue weighted by Crippen LogP contribution is -2.48. The number of hydrogen-bond donors (Lipinski definition) is 1. The van der Waals surface area contributed by atoms with Gasteiger partial charge in [-0.25, -0.2) is 9.97 Å². The van der Waals surface area contributed by atoms with Gasteiger partial charge >= 0.3 is 0 Å². The van der Waals surface area contributed by atoms with E-state index in [-0.39, 0.29) is 5.91 Å². The number of fused-ring (bicyclic) bond motifs is 1. The summed E-state index contributed by atoms with van der Waals surface area (Å²) < 4.78 is 5.39. The monoisotopic (exact) mass is 396 g/mol. The maximum atomic E-state index is 13.2. The summed E-state index contributed by atoms with van der Waals surface area (Å²) in [4.78, 5) is 23.8. The lowest BCUT2D eigenvalue weighted by Gasteiger charge is -2.31. The van der Waals surface area contributed by atoms with Crippen molar-refractivity contribution in [1.82, 2.24) is 14.9 Å². The second kappa shape index (κ2) is 8.54. The van der Waals surface area contributed by atoms with Gasteiger partial charge in [0.2, 0.25) is 5.91 Å². The molecule has 2 aromatic carbocycles. The molecule has 1 aliphatic heterocycles. The van der Waals surface area contributed by atoms with Gasteiger partial charge in [0.25, 0.3) is 0 Å². The molecule has 0 bridgehead atoms. The summed E-state index contributed by atoms with van der Waals surface area (Å²) in [6.07, 6.45) is 2.05. The number of halogens is 1. The highest BCUT2D eigenvalue weighted by Crippen LogP contribution is 2.24. The lowest BCUT2D eigenvalue weighted by atomic mass is 10.0. The number of ether oxygens (including phenoxy) is 1. The average molecular weight is 397 g/mol. The summed E-state index contributed by atoms with van der Waals surface area (Å²) in [6.45, 7) is 2.34. The zero-order valence-electron chi connectivity index (χ0n) is 15.3. The minimum atomic E-state index is -0.436. The van der Waals surface area contributed by atoms with Gasteiger partial charge in [0.05, 0.1) is 18.7 Å². The van der Waals surface area contributed by atoms with E-state index < -0.39 is 6.04 Å². The summed E-state index contributed by atoms with van der Waals surface area (Å²) in [5, 5.41) is 4.81. The number of benzene rings is 2. The van der Waals surface area contributed by atoms with Gasteiger partial charge in [0.1, 0.15) is 18.2 Å². The van der Waals surface area contributed by atoms with E-state index in [1.54, 1.807) is 12.1 Å². The van der Waals surface area contributed by atoms with Crippen LogP contribution in [0.25, 0.3) is 10.9 Å². The quantitative estimate of drug-likeness (QED) is 0.717. The molecule has 1 saturated heterocycles. The van der Waals surface area contributed by atoms with Gasteiger partial charge in [0.15, 0.2) is 0 Å². The topological polar surface area (TPSA) is 67.4 Å². The molecule has 1 aliphatic rings. The second-order valence-corrected chi connectivity index (χ2v) is 7.14. The summed E-state index contributed by atoms with van der Waals surface area (Å²) in [5.41, 5.74) is 1.82. The van der Waals surface area contributed by atoms with Crippen LogP contribution in [0, 0.1) is 0 Å². The lowest BCUT2D eigenvalue weighted by molar-refractivity contribution is -0.136. The number of amides is 1. The average Bonchev–Trinajstić information content (AvgIpc) is 2.74. The molecule has 2 heterocycles.